The van der Waals surface area contributed by atoms with Crippen LogP contribution in [0.5, 0.6) is 0 Å². The lowest BCUT2D eigenvalue weighted by Gasteiger charge is -2.34. The van der Waals surface area contributed by atoms with Crippen LogP contribution in [0, 0.1) is 5.82 Å². The summed E-state index contributed by atoms with van der Waals surface area (Å²) in [6, 6.07) is 16.7. The lowest BCUT2D eigenvalue weighted by atomic mass is 10.2. The first-order chi connectivity index (χ1) is 14.7. The summed E-state index contributed by atoms with van der Waals surface area (Å²) < 4.78 is 13.1. The Morgan fingerprint density at radius 1 is 1.03 bits per heavy atom. The Balaban J connectivity index is 1.21. The first-order valence-electron chi connectivity index (χ1n) is 9.99. The van der Waals surface area contributed by atoms with Gasteiger partial charge >= 0.3 is 0 Å². The van der Waals surface area contributed by atoms with Gasteiger partial charge in [0.1, 0.15) is 10.8 Å². The molecule has 156 valence electrons. The minimum Gasteiger partial charge on any atom is -0.339 e. The highest BCUT2D eigenvalue weighted by Gasteiger charge is 2.21. The molecule has 4 nitrogen and oxygen atoms in total. The summed E-state index contributed by atoms with van der Waals surface area (Å²) in [4.78, 5) is 21.5. The van der Waals surface area contributed by atoms with Gasteiger partial charge in [0.2, 0.25) is 5.91 Å². The lowest BCUT2D eigenvalue weighted by molar-refractivity contribution is -0.130. The Bertz CT molecular complexity index is 954. The molecule has 1 saturated heterocycles. The minimum atomic E-state index is -0.236. The van der Waals surface area contributed by atoms with Crippen LogP contribution in [0.1, 0.15) is 10.6 Å². The molecule has 0 saturated carbocycles. The number of aromatic nitrogens is 1. The summed E-state index contributed by atoms with van der Waals surface area (Å²) in [5, 5.41) is 3.07. The molecule has 0 radical (unpaired) electrons. The quantitative estimate of drug-likeness (QED) is 0.540. The molecule has 1 fully saturated rings. The largest absolute Gasteiger partial charge is 0.339 e. The fourth-order valence-electron chi connectivity index (χ4n) is 3.41. The summed E-state index contributed by atoms with van der Waals surface area (Å²) in [5.41, 5.74) is 3.07. The number of thioether (sulfide) groups is 1. The van der Waals surface area contributed by atoms with E-state index in [9.17, 15) is 9.18 Å². The van der Waals surface area contributed by atoms with E-state index in [2.05, 4.69) is 17.0 Å². The van der Waals surface area contributed by atoms with Crippen LogP contribution in [0.25, 0.3) is 11.3 Å². The number of nitrogens with zero attached hydrogens (tertiary/aromatic N) is 3. The van der Waals surface area contributed by atoms with Crippen molar-refractivity contribution in [2.45, 2.75) is 12.3 Å². The van der Waals surface area contributed by atoms with E-state index in [-0.39, 0.29) is 11.7 Å². The molecule has 0 spiro atoms. The van der Waals surface area contributed by atoms with Gasteiger partial charge in [0.05, 0.1) is 18.0 Å². The van der Waals surface area contributed by atoms with Crippen molar-refractivity contribution in [1.82, 2.24) is 14.8 Å². The molecule has 7 heteroatoms. The Labute approximate surface area is 184 Å². The molecular weight excluding hydrogens is 417 g/mol. The Kier molecular flexibility index (Phi) is 7.15. The van der Waals surface area contributed by atoms with Crippen molar-refractivity contribution in [2.24, 2.45) is 0 Å². The second-order valence-corrected chi connectivity index (χ2v) is 9.20. The minimum absolute atomic E-state index is 0.225. The van der Waals surface area contributed by atoms with Crippen molar-refractivity contribution in [3.8, 4) is 11.3 Å². The molecule has 3 aromatic rings. The molecule has 0 bridgehead atoms. The van der Waals surface area contributed by atoms with Gasteiger partial charge in [-0.15, -0.1) is 23.1 Å². The van der Waals surface area contributed by atoms with Crippen molar-refractivity contribution in [1.29, 1.82) is 0 Å². The number of hydrogen-bond acceptors (Lipinski definition) is 5. The molecule has 2 heterocycles. The average Bonchev–Trinajstić information content (AvgIpc) is 3.24. The number of halogens is 1. The standard InChI is InChI=1S/C23H24FN3OS2/c24-20-8-6-19(7-9-20)21-16-30-22(25-21)14-26-10-12-27(13-11-26)23(28)17-29-15-18-4-2-1-3-5-18/h1-9,16H,10-15,17H2. The summed E-state index contributed by atoms with van der Waals surface area (Å²) in [6.07, 6.45) is 0. The summed E-state index contributed by atoms with van der Waals surface area (Å²) in [5.74, 6) is 1.39. The van der Waals surface area contributed by atoms with Gasteiger partial charge in [-0.3, -0.25) is 9.69 Å². The summed E-state index contributed by atoms with van der Waals surface area (Å²) >= 11 is 3.30. The molecule has 30 heavy (non-hydrogen) atoms. The third-order valence-electron chi connectivity index (χ3n) is 5.11. The smallest absolute Gasteiger partial charge is 0.232 e. The van der Waals surface area contributed by atoms with Gasteiger partial charge in [-0.05, 0) is 29.8 Å². The normalized spacial score (nSPS) is 14.8. The second-order valence-electron chi connectivity index (χ2n) is 7.27. The van der Waals surface area contributed by atoms with Crippen molar-refractivity contribution in [3.05, 3.63) is 76.4 Å². The number of amides is 1. The number of thiazole rings is 1. The molecule has 2 aromatic carbocycles. The first-order valence-corrected chi connectivity index (χ1v) is 12.0. The Morgan fingerprint density at radius 3 is 2.50 bits per heavy atom. The molecule has 0 aliphatic carbocycles. The first kappa shape index (κ1) is 21.0. The van der Waals surface area contributed by atoms with Gasteiger partial charge < -0.3 is 4.90 Å². The van der Waals surface area contributed by atoms with Gasteiger partial charge in [-0.25, -0.2) is 9.37 Å². The topological polar surface area (TPSA) is 36.4 Å². The van der Waals surface area contributed by atoms with Crippen molar-refractivity contribution in [2.75, 3.05) is 31.9 Å². The van der Waals surface area contributed by atoms with Gasteiger partial charge in [0.25, 0.3) is 0 Å². The maximum absolute atomic E-state index is 13.1. The van der Waals surface area contributed by atoms with E-state index >= 15 is 0 Å². The van der Waals surface area contributed by atoms with Crippen LogP contribution in [0.15, 0.2) is 60.0 Å². The van der Waals surface area contributed by atoms with E-state index in [4.69, 9.17) is 4.98 Å². The summed E-state index contributed by atoms with van der Waals surface area (Å²) in [7, 11) is 0. The maximum atomic E-state index is 13.1. The van der Waals surface area contributed by atoms with Crippen molar-refractivity contribution < 1.29 is 9.18 Å². The molecule has 0 atom stereocenters. The van der Waals surface area contributed by atoms with Crippen LogP contribution in [-0.4, -0.2) is 52.6 Å². The molecule has 1 aromatic heterocycles. The average molecular weight is 442 g/mol. The van der Waals surface area contributed by atoms with Crippen LogP contribution in [-0.2, 0) is 17.1 Å². The van der Waals surface area contributed by atoms with Crippen molar-refractivity contribution >= 4 is 29.0 Å². The number of benzene rings is 2. The fourth-order valence-corrected chi connectivity index (χ4v) is 5.14. The molecule has 0 N–H and O–H groups in total. The molecule has 1 aliphatic rings. The zero-order valence-corrected chi connectivity index (χ0v) is 18.3. The Morgan fingerprint density at radius 2 is 1.77 bits per heavy atom. The van der Waals surface area contributed by atoms with Gasteiger partial charge in [0.15, 0.2) is 0 Å². The maximum Gasteiger partial charge on any atom is 0.232 e. The number of carbonyl (C=O) groups is 1. The van der Waals surface area contributed by atoms with E-state index in [1.54, 1.807) is 35.2 Å². The van der Waals surface area contributed by atoms with Gasteiger partial charge in [-0.2, -0.15) is 0 Å². The van der Waals surface area contributed by atoms with E-state index in [1.165, 1.54) is 17.7 Å². The fraction of sp³-hybridized carbons (Fsp3) is 0.304. The van der Waals surface area contributed by atoms with E-state index < -0.39 is 0 Å². The van der Waals surface area contributed by atoms with E-state index in [1.807, 2.05) is 28.5 Å². The lowest BCUT2D eigenvalue weighted by Crippen LogP contribution is -2.48. The second kappa shape index (κ2) is 10.2. The Hall–Kier alpha value is -2.22. The molecule has 1 amide bonds. The predicted octanol–water partition coefficient (Wildman–Crippen LogP) is 4.53. The van der Waals surface area contributed by atoms with Crippen LogP contribution in [0.2, 0.25) is 0 Å². The number of hydrogen-bond donors (Lipinski definition) is 0. The highest BCUT2D eigenvalue weighted by Crippen LogP contribution is 2.23. The van der Waals surface area contributed by atoms with Gasteiger partial charge in [0, 0.05) is 42.9 Å². The van der Waals surface area contributed by atoms with Crippen molar-refractivity contribution in [3.63, 3.8) is 0 Å². The van der Waals surface area contributed by atoms with E-state index in [0.717, 1.165) is 54.7 Å². The summed E-state index contributed by atoms with van der Waals surface area (Å²) in [6.45, 7) is 4.04. The van der Waals surface area contributed by atoms with Crippen LogP contribution in [0.3, 0.4) is 0 Å². The molecule has 4 rings (SSSR count). The zero-order chi connectivity index (χ0) is 20.8. The van der Waals surface area contributed by atoms with Gasteiger partial charge in [-0.1, -0.05) is 30.3 Å². The molecule has 0 unspecified atom stereocenters. The molecular formula is C23H24FN3OS2. The zero-order valence-electron chi connectivity index (χ0n) is 16.7. The van der Waals surface area contributed by atoms with Crippen LogP contribution >= 0.6 is 23.1 Å². The molecule has 1 aliphatic heterocycles. The third kappa shape index (κ3) is 5.68. The highest BCUT2D eigenvalue weighted by atomic mass is 32.2. The number of piperazine rings is 1. The van der Waals surface area contributed by atoms with Crippen LogP contribution < -0.4 is 0 Å². The SMILES string of the molecule is O=C(CSCc1ccccc1)N1CCN(Cc2nc(-c3ccc(F)cc3)cs2)CC1. The van der Waals surface area contributed by atoms with E-state index in [0.29, 0.717) is 5.75 Å². The number of rotatable bonds is 7. The van der Waals surface area contributed by atoms with Crippen LogP contribution in [0.4, 0.5) is 4.39 Å². The predicted molar refractivity (Wildman–Crippen MR) is 122 cm³/mol. The third-order valence-corrected chi connectivity index (χ3v) is 6.93. The monoisotopic (exact) mass is 441 g/mol. The highest BCUT2D eigenvalue weighted by molar-refractivity contribution is 7.99. The number of carbonyl (C=O) groups excluding carboxylic acids is 1.